The molecule has 0 saturated carbocycles. The number of amides is 1. The Morgan fingerprint density at radius 2 is 2.07 bits per heavy atom. The molecular weight excluding hydrogens is 344 g/mol. The first-order chi connectivity index (χ1) is 13.1. The molecule has 0 radical (unpaired) electrons. The van der Waals surface area contributed by atoms with Gasteiger partial charge < -0.3 is 19.1 Å². The van der Waals surface area contributed by atoms with Crippen molar-refractivity contribution in [3.63, 3.8) is 0 Å². The summed E-state index contributed by atoms with van der Waals surface area (Å²) < 4.78 is 10.6. The van der Waals surface area contributed by atoms with Crippen LogP contribution in [0.15, 0.2) is 34.9 Å². The zero-order valence-corrected chi connectivity index (χ0v) is 15.9. The molecule has 1 unspecified atom stereocenters. The van der Waals surface area contributed by atoms with Gasteiger partial charge in [0.05, 0.1) is 6.61 Å². The zero-order valence-electron chi connectivity index (χ0n) is 15.9. The van der Waals surface area contributed by atoms with Gasteiger partial charge in [0.25, 0.3) is 0 Å². The molecule has 1 aromatic heterocycles. The van der Waals surface area contributed by atoms with Crippen molar-refractivity contribution in [3.8, 4) is 11.4 Å². The number of rotatable bonds is 6. The van der Waals surface area contributed by atoms with Crippen LogP contribution < -0.4 is 0 Å². The quantitative estimate of drug-likeness (QED) is 0.773. The summed E-state index contributed by atoms with van der Waals surface area (Å²) in [5, 5.41) is 4.01. The number of likely N-dealkylation sites (tertiary alicyclic amines) is 2. The number of nitrogens with zero attached hydrogens (tertiary/aromatic N) is 4. The van der Waals surface area contributed by atoms with Gasteiger partial charge in [0, 0.05) is 56.6 Å². The molecule has 1 spiro atoms. The minimum Gasteiger partial charge on any atom is -0.383 e. The first kappa shape index (κ1) is 18.1. The van der Waals surface area contributed by atoms with E-state index in [0.717, 1.165) is 38.2 Å². The standard InChI is InChI=1S/C20H26N4O3/c1-23-12-20(10-16(23)11-26-2)13-24(14-20)18(25)9-8-17-21-19(22-27-17)15-6-4-3-5-7-15/h3-7,16H,8-14H2,1-2H3. The summed E-state index contributed by atoms with van der Waals surface area (Å²) in [5.41, 5.74) is 1.16. The van der Waals surface area contributed by atoms with Crippen LogP contribution in [0.4, 0.5) is 0 Å². The fraction of sp³-hybridized carbons (Fsp3) is 0.550. The lowest BCUT2D eigenvalue weighted by molar-refractivity contribution is -0.142. The van der Waals surface area contributed by atoms with Crippen LogP contribution in [0.1, 0.15) is 18.7 Å². The summed E-state index contributed by atoms with van der Waals surface area (Å²) in [7, 11) is 3.89. The van der Waals surface area contributed by atoms with E-state index < -0.39 is 0 Å². The van der Waals surface area contributed by atoms with E-state index in [-0.39, 0.29) is 11.3 Å². The minimum absolute atomic E-state index is 0.165. The van der Waals surface area contributed by atoms with Crippen molar-refractivity contribution >= 4 is 5.91 Å². The predicted octanol–water partition coefficient (Wildman–Crippen LogP) is 1.85. The largest absolute Gasteiger partial charge is 0.383 e. The molecule has 1 atom stereocenters. The van der Waals surface area contributed by atoms with Crippen molar-refractivity contribution < 1.29 is 14.1 Å². The number of hydrogen-bond donors (Lipinski definition) is 0. The monoisotopic (exact) mass is 370 g/mol. The molecule has 0 aliphatic carbocycles. The third-order valence-corrected chi connectivity index (χ3v) is 5.69. The highest BCUT2D eigenvalue weighted by Gasteiger charge is 2.51. The number of aromatic nitrogens is 2. The molecule has 7 heteroatoms. The smallest absolute Gasteiger partial charge is 0.227 e. The minimum atomic E-state index is 0.165. The number of likely N-dealkylation sites (N-methyl/N-ethyl adjacent to an activating group) is 1. The van der Waals surface area contributed by atoms with Gasteiger partial charge >= 0.3 is 0 Å². The lowest BCUT2D eigenvalue weighted by atomic mass is 9.77. The van der Waals surface area contributed by atoms with Crippen molar-refractivity contribution in [2.24, 2.45) is 5.41 Å². The lowest BCUT2D eigenvalue weighted by Crippen LogP contribution is -2.59. The average molecular weight is 370 g/mol. The summed E-state index contributed by atoms with van der Waals surface area (Å²) >= 11 is 0. The van der Waals surface area contributed by atoms with Crippen LogP contribution in [-0.2, 0) is 16.0 Å². The summed E-state index contributed by atoms with van der Waals surface area (Å²) in [6.07, 6.45) is 1.99. The highest BCUT2D eigenvalue weighted by molar-refractivity contribution is 5.77. The van der Waals surface area contributed by atoms with Crippen molar-refractivity contribution in [3.05, 3.63) is 36.2 Å². The molecule has 7 nitrogen and oxygen atoms in total. The molecule has 1 aromatic carbocycles. The fourth-order valence-electron chi connectivity index (χ4n) is 4.36. The molecule has 2 saturated heterocycles. The lowest BCUT2D eigenvalue weighted by Gasteiger charge is -2.48. The van der Waals surface area contributed by atoms with Gasteiger partial charge in [-0.1, -0.05) is 35.5 Å². The Hall–Kier alpha value is -2.25. The van der Waals surface area contributed by atoms with E-state index in [1.54, 1.807) is 7.11 Å². The molecule has 3 heterocycles. The third kappa shape index (κ3) is 3.75. The topological polar surface area (TPSA) is 71.7 Å². The highest BCUT2D eigenvalue weighted by Crippen LogP contribution is 2.42. The Morgan fingerprint density at radius 3 is 2.81 bits per heavy atom. The van der Waals surface area contributed by atoms with E-state index in [0.29, 0.717) is 30.6 Å². The van der Waals surface area contributed by atoms with E-state index in [4.69, 9.17) is 9.26 Å². The summed E-state index contributed by atoms with van der Waals surface area (Å²) in [5.74, 6) is 1.25. The number of hydrogen-bond acceptors (Lipinski definition) is 6. The van der Waals surface area contributed by atoms with Gasteiger partial charge in [-0.3, -0.25) is 4.79 Å². The van der Waals surface area contributed by atoms with Crippen LogP contribution in [0.5, 0.6) is 0 Å². The Bertz CT molecular complexity index is 786. The predicted molar refractivity (Wildman–Crippen MR) is 100.0 cm³/mol. The summed E-state index contributed by atoms with van der Waals surface area (Å²) in [6, 6.07) is 10.2. The second kappa shape index (κ2) is 7.40. The normalized spacial score (nSPS) is 21.6. The van der Waals surface area contributed by atoms with Crippen LogP contribution in [0, 0.1) is 5.41 Å². The summed E-state index contributed by atoms with van der Waals surface area (Å²) in [6.45, 7) is 3.48. The number of ether oxygens (including phenoxy) is 1. The Morgan fingerprint density at radius 1 is 1.30 bits per heavy atom. The summed E-state index contributed by atoms with van der Waals surface area (Å²) in [4.78, 5) is 21.2. The molecule has 2 aromatic rings. The molecule has 4 rings (SSSR count). The molecule has 27 heavy (non-hydrogen) atoms. The molecular formula is C20H26N4O3. The van der Waals surface area contributed by atoms with Crippen molar-refractivity contribution in [1.29, 1.82) is 0 Å². The van der Waals surface area contributed by atoms with Crippen LogP contribution in [-0.4, -0.2) is 72.3 Å². The number of benzene rings is 1. The maximum Gasteiger partial charge on any atom is 0.227 e. The van der Waals surface area contributed by atoms with E-state index in [9.17, 15) is 4.79 Å². The van der Waals surface area contributed by atoms with Gasteiger partial charge in [0.1, 0.15) is 0 Å². The average Bonchev–Trinajstić information content (AvgIpc) is 3.25. The fourth-order valence-corrected chi connectivity index (χ4v) is 4.36. The van der Waals surface area contributed by atoms with Gasteiger partial charge in [-0.05, 0) is 13.5 Å². The maximum absolute atomic E-state index is 12.5. The molecule has 0 N–H and O–H groups in total. The van der Waals surface area contributed by atoms with E-state index in [1.165, 1.54) is 0 Å². The van der Waals surface area contributed by atoms with Crippen LogP contribution >= 0.6 is 0 Å². The third-order valence-electron chi connectivity index (χ3n) is 5.69. The van der Waals surface area contributed by atoms with Crippen LogP contribution in [0.3, 0.4) is 0 Å². The molecule has 2 aliphatic rings. The van der Waals surface area contributed by atoms with Crippen molar-refractivity contribution in [2.75, 3.05) is 40.4 Å². The maximum atomic E-state index is 12.5. The van der Waals surface area contributed by atoms with Crippen LogP contribution in [0.25, 0.3) is 11.4 Å². The molecule has 144 valence electrons. The number of carbonyl (C=O) groups is 1. The number of methoxy groups -OCH3 is 1. The molecule has 2 fully saturated rings. The molecule has 2 aliphatic heterocycles. The second-order valence-electron chi connectivity index (χ2n) is 7.86. The van der Waals surface area contributed by atoms with Gasteiger partial charge in [0.15, 0.2) is 0 Å². The van der Waals surface area contributed by atoms with E-state index >= 15 is 0 Å². The van der Waals surface area contributed by atoms with Gasteiger partial charge in [-0.25, -0.2) is 0 Å². The van der Waals surface area contributed by atoms with Gasteiger partial charge in [0.2, 0.25) is 17.6 Å². The van der Waals surface area contributed by atoms with Gasteiger partial charge in [-0.15, -0.1) is 0 Å². The van der Waals surface area contributed by atoms with E-state index in [1.807, 2.05) is 35.2 Å². The molecule has 0 bridgehead atoms. The van der Waals surface area contributed by atoms with Gasteiger partial charge in [-0.2, -0.15) is 4.98 Å². The second-order valence-corrected chi connectivity index (χ2v) is 7.86. The highest BCUT2D eigenvalue weighted by atomic mass is 16.5. The Balaban J connectivity index is 1.26. The Labute approximate surface area is 159 Å². The SMILES string of the molecule is COCC1CC2(CN(C(=O)CCc3nc(-c4ccccc4)no3)C2)CN1C. The first-order valence-electron chi connectivity index (χ1n) is 9.43. The Kier molecular flexibility index (Phi) is 4.97. The van der Waals surface area contributed by atoms with Crippen LogP contribution in [0.2, 0.25) is 0 Å². The van der Waals surface area contributed by atoms with Crippen molar-refractivity contribution in [1.82, 2.24) is 19.9 Å². The van der Waals surface area contributed by atoms with E-state index in [2.05, 4.69) is 22.1 Å². The zero-order chi connectivity index (χ0) is 18.9. The number of aryl methyl sites for hydroxylation is 1. The van der Waals surface area contributed by atoms with Crippen molar-refractivity contribution in [2.45, 2.75) is 25.3 Å². The first-order valence-corrected chi connectivity index (χ1v) is 9.43. The number of carbonyl (C=O) groups excluding carboxylic acids is 1. The molecule has 1 amide bonds.